The standard InChI is InChI=1S/C24H34N4OS/c29-24(25-18-20-13-5-2-6-14-20)28-17-9-15-21(28)23-27-26-22(30-23)16-8-7-12-19-10-3-1-4-11-19/h1,3-4,10-11,20-21H,2,5-9,12-18H2,(H,25,29). The van der Waals surface area contributed by atoms with Gasteiger partial charge in [0.2, 0.25) is 0 Å². The monoisotopic (exact) mass is 426 g/mol. The summed E-state index contributed by atoms with van der Waals surface area (Å²) in [4.78, 5) is 14.8. The lowest BCUT2D eigenvalue weighted by Gasteiger charge is -2.26. The zero-order valence-corrected chi connectivity index (χ0v) is 18.7. The second-order valence-electron chi connectivity index (χ2n) is 8.77. The van der Waals surface area contributed by atoms with E-state index in [1.54, 1.807) is 11.3 Å². The van der Waals surface area contributed by atoms with Gasteiger partial charge in [-0.05, 0) is 56.4 Å². The van der Waals surface area contributed by atoms with Gasteiger partial charge >= 0.3 is 6.03 Å². The minimum Gasteiger partial charge on any atom is -0.338 e. The van der Waals surface area contributed by atoms with Crippen molar-refractivity contribution >= 4 is 17.4 Å². The molecule has 1 aromatic carbocycles. The van der Waals surface area contributed by atoms with E-state index < -0.39 is 0 Å². The minimum atomic E-state index is 0.0858. The van der Waals surface area contributed by atoms with E-state index in [-0.39, 0.29) is 12.1 Å². The Hall–Kier alpha value is -1.95. The molecule has 2 aliphatic rings. The topological polar surface area (TPSA) is 58.1 Å². The van der Waals surface area contributed by atoms with Gasteiger partial charge in [0.05, 0.1) is 6.04 Å². The average molecular weight is 427 g/mol. The number of nitrogens with one attached hydrogen (secondary N) is 1. The van der Waals surface area contributed by atoms with Crippen molar-refractivity contribution in [1.82, 2.24) is 20.4 Å². The largest absolute Gasteiger partial charge is 0.338 e. The Morgan fingerprint density at radius 1 is 1.00 bits per heavy atom. The third-order valence-corrected chi connectivity index (χ3v) is 7.58. The molecule has 1 aliphatic heterocycles. The zero-order chi connectivity index (χ0) is 20.6. The molecule has 162 valence electrons. The average Bonchev–Trinajstić information content (AvgIpc) is 3.46. The highest BCUT2D eigenvalue weighted by atomic mass is 32.1. The summed E-state index contributed by atoms with van der Waals surface area (Å²) < 4.78 is 0. The first-order valence-electron chi connectivity index (χ1n) is 11.7. The molecule has 0 spiro atoms. The Balaban J connectivity index is 1.23. The Kier molecular flexibility index (Phi) is 7.73. The van der Waals surface area contributed by atoms with Gasteiger partial charge < -0.3 is 10.2 Å². The lowest BCUT2D eigenvalue weighted by Crippen LogP contribution is -2.41. The smallest absolute Gasteiger partial charge is 0.318 e. The van der Waals surface area contributed by atoms with Gasteiger partial charge in [0.1, 0.15) is 10.0 Å². The van der Waals surface area contributed by atoms with Gasteiger partial charge in [-0.15, -0.1) is 10.2 Å². The maximum atomic E-state index is 12.8. The maximum Gasteiger partial charge on any atom is 0.318 e. The lowest BCUT2D eigenvalue weighted by molar-refractivity contribution is 0.189. The number of nitrogens with zero attached hydrogens (tertiary/aromatic N) is 3. The number of unbranched alkanes of at least 4 members (excludes halogenated alkanes) is 1. The summed E-state index contributed by atoms with van der Waals surface area (Å²) in [5, 5.41) is 14.2. The van der Waals surface area contributed by atoms with E-state index in [0.29, 0.717) is 5.92 Å². The highest BCUT2D eigenvalue weighted by molar-refractivity contribution is 7.11. The van der Waals surface area contributed by atoms with Crippen LogP contribution in [-0.4, -0.2) is 34.2 Å². The van der Waals surface area contributed by atoms with E-state index in [9.17, 15) is 4.79 Å². The number of rotatable bonds is 8. The van der Waals surface area contributed by atoms with Gasteiger partial charge in [0, 0.05) is 19.5 Å². The Morgan fingerprint density at radius 2 is 1.80 bits per heavy atom. The summed E-state index contributed by atoms with van der Waals surface area (Å²) in [7, 11) is 0. The van der Waals surface area contributed by atoms with E-state index in [1.807, 2.05) is 4.90 Å². The molecule has 1 aliphatic carbocycles. The molecule has 2 fully saturated rings. The van der Waals surface area contributed by atoms with Gasteiger partial charge in [0.15, 0.2) is 0 Å². The molecule has 0 bridgehead atoms. The first-order chi connectivity index (χ1) is 14.8. The molecule has 1 aromatic heterocycles. The second-order valence-corrected chi connectivity index (χ2v) is 9.86. The van der Waals surface area contributed by atoms with Crippen LogP contribution < -0.4 is 5.32 Å². The predicted octanol–water partition coefficient (Wildman–Crippen LogP) is 5.53. The van der Waals surface area contributed by atoms with E-state index in [0.717, 1.165) is 61.6 Å². The van der Waals surface area contributed by atoms with Crippen molar-refractivity contribution in [3.05, 3.63) is 45.9 Å². The van der Waals surface area contributed by atoms with Gasteiger partial charge in [-0.3, -0.25) is 0 Å². The molecule has 1 N–H and O–H groups in total. The molecule has 1 unspecified atom stereocenters. The number of amides is 2. The first kappa shape index (κ1) is 21.3. The highest BCUT2D eigenvalue weighted by Crippen LogP contribution is 2.34. The molecular formula is C24H34N4OS. The third kappa shape index (κ3) is 5.81. The zero-order valence-electron chi connectivity index (χ0n) is 17.9. The fourth-order valence-corrected chi connectivity index (χ4v) is 5.78. The maximum absolute atomic E-state index is 12.8. The third-order valence-electron chi connectivity index (χ3n) is 6.50. The van der Waals surface area contributed by atoms with Crippen LogP contribution in [0.25, 0.3) is 0 Å². The molecule has 2 amide bonds. The number of aromatic nitrogens is 2. The number of urea groups is 1. The first-order valence-corrected chi connectivity index (χ1v) is 12.5. The molecule has 5 nitrogen and oxygen atoms in total. The van der Waals surface area contributed by atoms with Crippen LogP contribution in [0.5, 0.6) is 0 Å². The van der Waals surface area contributed by atoms with Crippen LogP contribution >= 0.6 is 11.3 Å². The van der Waals surface area contributed by atoms with Crippen molar-refractivity contribution in [2.45, 2.75) is 76.7 Å². The van der Waals surface area contributed by atoms with E-state index in [4.69, 9.17) is 0 Å². The van der Waals surface area contributed by atoms with Gasteiger partial charge in [-0.25, -0.2) is 4.79 Å². The molecular weight excluding hydrogens is 392 g/mol. The predicted molar refractivity (Wildman–Crippen MR) is 122 cm³/mol. The highest BCUT2D eigenvalue weighted by Gasteiger charge is 2.32. The van der Waals surface area contributed by atoms with Crippen LogP contribution in [0.2, 0.25) is 0 Å². The van der Waals surface area contributed by atoms with Gasteiger partial charge in [-0.2, -0.15) is 0 Å². The number of aryl methyl sites for hydroxylation is 2. The van der Waals surface area contributed by atoms with E-state index in [1.165, 1.54) is 37.7 Å². The van der Waals surface area contributed by atoms with Crippen LogP contribution in [-0.2, 0) is 12.8 Å². The molecule has 1 saturated heterocycles. The van der Waals surface area contributed by atoms with Gasteiger partial charge in [0.25, 0.3) is 0 Å². The molecule has 1 atom stereocenters. The van der Waals surface area contributed by atoms with Crippen molar-refractivity contribution in [3.8, 4) is 0 Å². The Morgan fingerprint density at radius 3 is 2.63 bits per heavy atom. The van der Waals surface area contributed by atoms with Crippen LogP contribution in [0, 0.1) is 5.92 Å². The minimum absolute atomic E-state index is 0.0858. The number of carbonyl (C=O) groups is 1. The van der Waals surface area contributed by atoms with Crippen molar-refractivity contribution in [3.63, 3.8) is 0 Å². The Labute approximate surface area is 184 Å². The molecule has 1 saturated carbocycles. The van der Waals surface area contributed by atoms with Crippen molar-refractivity contribution < 1.29 is 4.79 Å². The summed E-state index contributed by atoms with van der Waals surface area (Å²) in [5.41, 5.74) is 1.40. The number of benzene rings is 1. The molecule has 30 heavy (non-hydrogen) atoms. The summed E-state index contributed by atoms with van der Waals surface area (Å²) >= 11 is 1.70. The fourth-order valence-electron chi connectivity index (χ4n) is 4.74. The quantitative estimate of drug-likeness (QED) is 0.565. The molecule has 2 aromatic rings. The molecule has 6 heteroatoms. The Bertz CT molecular complexity index is 788. The fraction of sp³-hybridized carbons (Fsp3) is 0.625. The normalized spacial score (nSPS) is 19.9. The van der Waals surface area contributed by atoms with Crippen LogP contribution in [0.1, 0.15) is 79.4 Å². The SMILES string of the molecule is O=C(NCC1CCCCC1)N1CCCC1c1nnc(CCCCc2ccccc2)s1. The summed E-state index contributed by atoms with van der Waals surface area (Å²) in [6.45, 7) is 1.65. The molecule has 2 heterocycles. The van der Waals surface area contributed by atoms with Crippen molar-refractivity contribution in [2.24, 2.45) is 5.92 Å². The van der Waals surface area contributed by atoms with Crippen LogP contribution in [0.15, 0.2) is 30.3 Å². The van der Waals surface area contributed by atoms with E-state index in [2.05, 4.69) is 45.8 Å². The second kappa shape index (κ2) is 10.9. The van der Waals surface area contributed by atoms with Crippen molar-refractivity contribution in [1.29, 1.82) is 0 Å². The summed E-state index contributed by atoms with van der Waals surface area (Å²) in [6.07, 6.45) is 12.9. The van der Waals surface area contributed by atoms with Crippen molar-refractivity contribution in [2.75, 3.05) is 13.1 Å². The lowest BCUT2D eigenvalue weighted by atomic mass is 9.89. The molecule has 4 rings (SSSR count). The number of hydrogen-bond acceptors (Lipinski definition) is 4. The van der Waals surface area contributed by atoms with Gasteiger partial charge in [-0.1, -0.05) is 60.9 Å². The molecule has 0 radical (unpaired) electrons. The van der Waals surface area contributed by atoms with Crippen LogP contribution in [0.4, 0.5) is 4.79 Å². The number of carbonyl (C=O) groups excluding carboxylic acids is 1. The number of hydrogen-bond donors (Lipinski definition) is 1. The summed E-state index contributed by atoms with van der Waals surface area (Å²) in [5.74, 6) is 0.660. The van der Waals surface area contributed by atoms with E-state index >= 15 is 0 Å². The number of likely N-dealkylation sites (tertiary alicyclic amines) is 1. The van der Waals surface area contributed by atoms with Crippen LogP contribution in [0.3, 0.4) is 0 Å². The summed E-state index contributed by atoms with van der Waals surface area (Å²) in [6, 6.07) is 10.8.